The van der Waals surface area contributed by atoms with Crippen LogP contribution in [0.2, 0.25) is 0 Å². The van der Waals surface area contributed by atoms with Gasteiger partial charge in [0.1, 0.15) is 11.5 Å². The van der Waals surface area contributed by atoms with Crippen molar-refractivity contribution in [3.63, 3.8) is 0 Å². The molecule has 6 heteroatoms. The molecule has 2 aromatic carbocycles. The minimum atomic E-state index is -0.246. The molecule has 0 aliphatic carbocycles. The maximum absolute atomic E-state index is 12.1. The van der Waals surface area contributed by atoms with Gasteiger partial charge in [0.05, 0.1) is 7.11 Å². The molecular formula is C20H20N2O3S. The quantitative estimate of drug-likeness (QED) is 0.683. The van der Waals surface area contributed by atoms with E-state index in [9.17, 15) is 4.79 Å². The maximum Gasteiger partial charge on any atom is 0.264 e. The number of anilines is 1. The van der Waals surface area contributed by atoms with Crippen molar-refractivity contribution < 1.29 is 14.3 Å². The van der Waals surface area contributed by atoms with Crippen LogP contribution < -0.4 is 14.8 Å². The van der Waals surface area contributed by atoms with E-state index in [0.29, 0.717) is 16.6 Å². The Morgan fingerprint density at radius 3 is 2.77 bits per heavy atom. The van der Waals surface area contributed by atoms with E-state index in [2.05, 4.69) is 35.4 Å². The standard InChI is InChI=1S/C20H20N2O3S/c1-14-5-3-6-15(9-14)10-18-12-21-20(26-18)22-19(23)13-25-17-8-4-7-16(11-17)24-2/h3-9,11-12H,10,13H2,1-2H3,(H,21,22,23). The van der Waals surface area contributed by atoms with Gasteiger partial charge in [0.2, 0.25) is 0 Å². The molecule has 5 nitrogen and oxygen atoms in total. The van der Waals surface area contributed by atoms with E-state index in [4.69, 9.17) is 9.47 Å². The third kappa shape index (κ3) is 5.07. The third-order valence-corrected chi connectivity index (χ3v) is 4.58. The molecule has 1 N–H and O–H groups in total. The molecule has 3 rings (SSSR count). The highest BCUT2D eigenvalue weighted by atomic mass is 32.1. The first kappa shape index (κ1) is 17.9. The van der Waals surface area contributed by atoms with Gasteiger partial charge in [0.25, 0.3) is 5.91 Å². The van der Waals surface area contributed by atoms with Crippen molar-refractivity contribution >= 4 is 22.4 Å². The largest absolute Gasteiger partial charge is 0.497 e. The number of nitrogens with one attached hydrogen (secondary N) is 1. The number of rotatable bonds is 7. The molecule has 0 radical (unpaired) electrons. The number of carbonyl (C=O) groups excluding carboxylic acids is 1. The molecule has 26 heavy (non-hydrogen) atoms. The predicted octanol–water partition coefficient (Wildman–Crippen LogP) is 4.07. The Hall–Kier alpha value is -2.86. The summed E-state index contributed by atoms with van der Waals surface area (Å²) in [6.45, 7) is 1.99. The molecule has 0 fully saturated rings. The molecule has 0 atom stereocenters. The monoisotopic (exact) mass is 368 g/mol. The summed E-state index contributed by atoms with van der Waals surface area (Å²) in [5, 5.41) is 3.35. The SMILES string of the molecule is COc1cccc(OCC(=O)Nc2ncc(Cc3cccc(C)c3)s2)c1. The Bertz CT molecular complexity index is 892. The summed E-state index contributed by atoms with van der Waals surface area (Å²) in [7, 11) is 1.59. The number of nitrogens with zero attached hydrogens (tertiary/aromatic N) is 1. The average Bonchev–Trinajstić information content (AvgIpc) is 3.07. The van der Waals surface area contributed by atoms with E-state index in [1.165, 1.54) is 22.5 Å². The number of ether oxygens (including phenoxy) is 2. The number of hydrogen-bond donors (Lipinski definition) is 1. The van der Waals surface area contributed by atoms with Crippen molar-refractivity contribution in [2.75, 3.05) is 19.0 Å². The highest BCUT2D eigenvalue weighted by Gasteiger charge is 2.09. The summed E-state index contributed by atoms with van der Waals surface area (Å²) in [5.74, 6) is 1.02. The van der Waals surface area contributed by atoms with Crippen molar-refractivity contribution in [1.29, 1.82) is 0 Å². The molecule has 134 valence electrons. The Labute approximate surface area is 156 Å². The molecule has 1 heterocycles. The summed E-state index contributed by atoms with van der Waals surface area (Å²) < 4.78 is 10.6. The van der Waals surface area contributed by atoms with Crippen molar-refractivity contribution in [1.82, 2.24) is 4.98 Å². The van der Waals surface area contributed by atoms with Crippen LogP contribution in [-0.2, 0) is 11.2 Å². The lowest BCUT2D eigenvalue weighted by Crippen LogP contribution is -2.19. The Kier molecular flexibility index (Phi) is 5.86. The highest BCUT2D eigenvalue weighted by Crippen LogP contribution is 2.22. The van der Waals surface area contributed by atoms with Crippen LogP contribution in [0.5, 0.6) is 11.5 Å². The zero-order valence-corrected chi connectivity index (χ0v) is 15.5. The van der Waals surface area contributed by atoms with Gasteiger partial charge in [-0.2, -0.15) is 0 Å². The summed E-state index contributed by atoms with van der Waals surface area (Å²) in [6.07, 6.45) is 2.60. The number of carbonyl (C=O) groups is 1. The topological polar surface area (TPSA) is 60.5 Å². The second-order valence-electron chi connectivity index (χ2n) is 5.81. The van der Waals surface area contributed by atoms with Gasteiger partial charge in [-0.25, -0.2) is 4.98 Å². The molecule has 1 aromatic heterocycles. The summed E-state index contributed by atoms with van der Waals surface area (Å²) >= 11 is 1.47. The first-order valence-corrected chi connectivity index (χ1v) is 9.01. The second-order valence-corrected chi connectivity index (χ2v) is 6.93. The lowest BCUT2D eigenvalue weighted by atomic mass is 10.1. The number of benzene rings is 2. The molecule has 0 saturated carbocycles. The number of amides is 1. The predicted molar refractivity (Wildman–Crippen MR) is 103 cm³/mol. The third-order valence-electron chi connectivity index (χ3n) is 3.67. The van der Waals surface area contributed by atoms with Crippen molar-refractivity contribution in [2.24, 2.45) is 0 Å². The minimum Gasteiger partial charge on any atom is -0.497 e. The van der Waals surface area contributed by atoms with Crippen molar-refractivity contribution in [3.05, 3.63) is 70.7 Å². The van der Waals surface area contributed by atoms with E-state index < -0.39 is 0 Å². The van der Waals surface area contributed by atoms with E-state index in [1.807, 2.05) is 18.2 Å². The fourth-order valence-electron chi connectivity index (χ4n) is 2.47. The lowest BCUT2D eigenvalue weighted by molar-refractivity contribution is -0.118. The van der Waals surface area contributed by atoms with Gasteiger partial charge in [-0.1, -0.05) is 35.9 Å². The molecule has 1 amide bonds. The smallest absolute Gasteiger partial charge is 0.264 e. The molecule has 0 bridgehead atoms. The van der Waals surface area contributed by atoms with Gasteiger partial charge in [-0.05, 0) is 24.6 Å². The Morgan fingerprint density at radius 1 is 1.15 bits per heavy atom. The maximum atomic E-state index is 12.1. The Morgan fingerprint density at radius 2 is 1.96 bits per heavy atom. The fraction of sp³-hybridized carbons (Fsp3) is 0.200. The molecule has 0 aliphatic heterocycles. The molecule has 0 aliphatic rings. The van der Waals surface area contributed by atoms with Crippen molar-refractivity contribution in [2.45, 2.75) is 13.3 Å². The minimum absolute atomic E-state index is 0.0834. The van der Waals surface area contributed by atoms with Crippen LogP contribution in [0.25, 0.3) is 0 Å². The van der Waals surface area contributed by atoms with Crippen LogP contribution in [0.1, 0.15) is 16.0 Å². The number of aromatic nitrogens is 1. The zero-order valence-electron chi connectivity index (χ0n) is 14.7. The number of methoxy groups -OCH3 is 1. The number of thiazole rings is 1. The van der Waals surface area contributed by atoms with E-state index in [1.54, 1.807) is 25.4 Å². The molecule has 0 unspecified atom stereocenters. The van der Waals surface area contributed by atoms with Gasteiger partial charge in [0.15, 0.2) is 11.7 Å². The zero-order chi connectivity index (χ0) is 18.4. The summed E-state index contributed by atoms with van der Waals surface area (Å²) in [4.78, 5) is 17.4. The van der Waals surface area contributed by atoms with Crippen LogP contribution in [-0.4, -0.2) is 24.6 Å². The Balaban J connectivity index is 1.52. The van der Waals surface area contributed by atoms with Crippen LogP contribution in [0, 0.1) is 6.92 Å². The van der Waals surface area contributed by atoms with Crippen LogP contribution in [0.3, 0.4) is 0 Å². The van der Waals surface area contributed by atoms with Gasteiger partial charge in [0, 0.05) is 23.6 Å². The second kappa shape index (κ2) is 8.49. The molecule has 0 saturated heterocycles. The first-order chi connectivity index (χ1) is 12.6. The van der Waals surface area contributed by atoms with E-state index >= 15 is 0 Å². The van der Waals surface area contributed by atoms with Gasteiger partial charge < -0.3 is 9.47 Å². The van der Waals surface area contributed by atoms with Gasteiger partial charge in [-0.15, -0.1) is 11.3 Å². The summed E-state index contributed by atoms with van der Waals surface area (Å²) in [5.41, 5.74) is 2.46. The molecular weight excluding hydrogens is 348 g/mol. The average molecular weight is 368 g/mol. The summed E-state index contributed by atoms with van der Waals surface area (Å²) in [6, 6.07) is 15.5. The van der Waals surface area contributed by atoms with Gasteiger partial charge in [-0.3, -0.25) is 10.1 Å². The van der Waals surface area contributed by atoms with Gasteiger partial charge >= 0.3 is 0 Å². The van der Waals surface area contributed by atoms with Crippen LogP contribution >= 0.6 is 11.3 Å². The number of hydrogen-bond acceptors (Lipinski definition) is 5. The van der Waals surface area contributed by atoms with Crippen LogP contribution in [0.15, 0.2) is 54.7 Å². The number of aryl methyl sites for hydroxylation is 1. The van der Waals surface area contributed by atoms with Crippen molar-refractivity contribution in [3.8, 4) is 11.5 Å². The molecule has 3 aromatic rings. The highest BCUT2D eigenvalue weighted by molar-refractivity contribution is 7.15. The molecule has 0 spiro atoms. The van der Waals surface area contributed by atoms with E-state index in [-0.39, 0.29) is 12.5 Å². The lowest BCUT2D eigenvalue weighted by Gasteiger charge is -2.07. The van der Waals surface area contributed by atoms with E-state index in [0.717, 1.165) is 11.3 Å². The first-order valence-electron chi connectivity index (χ1n) is 8.19. The van der Waals surface area contributed by atoms with Crippen LogP contribution in [0.4, 0.5) is 5.13 Å². The normalized spacial score (nSPS) is 10.4. The fourth-order valence-corrected chi connectivity index (χ4v) is 3.33.